The zero-order valence-corrected chi connectivity index (χ0v) is 25.9. The Balaban J connectivity index is 1.75. The van der Waals surface area contributed by atoms with Crippen LogP contribution in [0.2, 0.25) is 0 Å². The van der Waals surface area contributed by atoms with Crippen molar-refractivity contribution in [1.29, 1.82) is 0 Å². The maximum Gasteiger partial charge on any atom is 0.416 e. The van der Waals surface area contributed by atoms with E-state index in [9.17, 15) is 33.0 Å². The predicted molar refractivity (Wildman–Crippen MR) is 158 cm³/mol. The number of halogens is 3. The lowest BCUT2D eigenvalue weighted by atomic mass is 9.77. The number of hydrogen-bond acceptors (Lipinski definition) is 4. The van der Waals surface area contributed by atoms with Gasteiger partial charge in [-0.25, -0.2) is 4.79 Å². The van der Waals surface area contributed by atoms with E-state index in [4.69, 9.17) is 0 Å². The molecule has 2 saturated heterocycles. The molecule has 3 unspecified atom stereocenters. The third-order valence-corrected chi connectivity index (χ3v) is 9.51. The summed E-state index contributed by atoms with van der Waals surface area (Å²) in [5.74, 6) is -0.246. The first-order valence-corrected chi connectivity index (χ1v) is 15.0. The van der Waals surface area contributed by atoms with Gasteiger partial charge in [0.15, 0.2) is 0 Å². The zero-order chi connectivity index (χ0) is 31.9. The molecule has 4 rings (SSSR count). The van der Waals surface area contributed by atoms with Crippen LogP contribution in [0.25, 0.3) is 0 Å². The molecule has 236 valence electrons. The fraction of sp³-hybridized carbons (Fsp3) is 0.576. The first-order chi connectivity index (χ1) is 20.1. The van der Waals surface area contributed by atoms with Crippen LogP contribution in [0.5, 0.6) is 0 Å². The number of urea groups is 1. The van der Waals surface area contributed by atoms with Gasteiger partial charge in [-0.3, -0.25) is 4.79 Å². The molecule has 2 heterocycles. The molecule has 0 radical (unpaired) electrons. The maximum atomic E-state index is 14.3. The number of hydrogen-bond donors (Lipinski definition) is 2. The second-order valence-electron chi connectivity index (χ2n) is 12.6. The molecule has 2 aliphatic heterocycles. The van der Waals surface area contributed by atoms with Gasteiger partial charge in [-0.2, -0.15) is 13.2 Å². The Bertz CT molecular complexity index is 1340. The zero-order valence-electron chi connectivity index (χ0n) is 25.9. The number of aliphatic hydroxyl groups is 2. The number of aryl methyl sites for hydroxylation is 2. The van der Waals surface area contributed by atoms with E-state index in [1.807, 2.05) is 45.9 Å². The minimum atomic E-state index is -4.52. The number of amides is 3. The molecule has 0 spiro atoms. The number of nitrogens with zero attached hydrogens (tertiary/aromatic N) is 3. The number of carbonyl (C=O) groups excluding carboxylic acids is 2. The van der Waals surface area contributed by atoms with Gasteiger partial charge < -0.3 is 24.9 Å². The standard InChI is InChI=1S/C33H44F3N3O4/c1-20(2)24-16-25(18-26(17-24)33(34,35)36)23(5)37(6)31(43)39-12-11-38-28(19-32(9-13-40,10-14-41)30(38)42)29(39)27-15-21(3)7-8-22(27)4/h7-8,15-18,20,23,28-29,40-41H,9-14,19H2,1-6H3. The highest BCUT2D eigenvalue weighted by atomic mass is 19.4. The molecule has 0 aliphatic carbocycles. The first kappa shape index (κ1) is 32.8. The molecular formula is C33H44F3N3O4. The van der Waals surface area contributed by atoms with E-state index >= 15 is 0 Å². The summed E-state index contributed by atoms with van der Waals surface area (Å²) in [6.07, 6.45) is -3.70. The smallest absolute Gasteiger partial charge is 0.396 e. The highest BCUT2D eigenvalue weighted by Gasteiger charge is 2.56. The van der Waals surface area contributed by atoms with Crippen molar-refractivity contribution in [3.8, 4) is 0 Å². The van der Waals surface area contributed by atoms with Crippen LogP contribution in [0.4, 0.5) is 18.0 Å². The second kappa shape index (κ2) is 12.5. The van der Waals surface area contributed by atoms with Crippen LogP contribution in [0, 0.1) is 19.3 Å². The quantitative estimate of drug-likeness (QED) is 0.390. The minimum Gasteiger partial charge on any atom is -0.396 e. The predicted octanol–water partition coefficient (Wildman–Crippen LogP) is 5.97. The van der Waals surface area contributed by atoms with Crippen molar-refractivity contribution >= 4 is 11.9 Å². The highest BCUT2D eigenvalue weighted by Crippen LogP contribution is 2.49. The largest absolute Gasteiger partial charge is 0.416 e. The van der Waals surface area contributed by atoms with Crippen molar-refractivity contribution in [1.82, 2.24) is 14.7 Å². The number of rotatable bonds is 8. The van der Waals surface area contributed by atoms with Gasteiger partial charge in [0.25, 0.3) is 0 Å². The molecule has 2 aromatic carbocycles. The van der Waals surface area contributed by atoms with Crippen LogP contribution < -0.4 is 0 Å². The number of piperazine rings is 1. The van der Waals surface area contributed by atoms with Gasteiger partial charge in [-0.15, -0.1) is 0 Å². The van der Waals surface area contributed by atoms with E-state index in [1.54, 1.807) is 29.8 Å². The van der Waals surface area contributed by atoms with Crippen molar-refractivity contribution in [2.24, 2.45) is 5.41 Å². The van der Waals surface area contributed by atoms with Gasteiger partial charge in [-0.05, 0) is 80.3 Å². The van der Waals surface area contributed by atoms with E-state index in [-0.39, 0.29) is 56.5 Å². The molecule has 3 atom stereocenters. The van der Waals surface area contributed by atoms with Crippen LogP contribution in [-0.4, -0.2) is 76.2 Å². The average Bonchev–Trinajstić information content (AvgIpc) is 3.23. The molecule has 3 amide bonds. The third-order valence-electron chi connectivity index (χ3n) is 9.51. The van der Waals surface area contributed by atoms with E-state index in [0.29, 0.717) is 24.1 Å². The van der Waals surface area contributed by atoms with Gasteiger partial charge >= 0.3 is 12.2 Å². The topological polar surface area (TPSA) is 84.3 Å². The van der Waals surface area contributed by atoms with Crippen LogP contribution in [-0.2, 0) is 11.0 Å². The lowest BCUT2D eigenvalue weighted by molar-refractivity contribution is -0.140. The Morgan fingerprint density at radius 3 is 2.23 bits per heavy atom. The molecule has 2 N–H and O–H groups in total. The summed E-state index contributed by atoms with van der Waals surface area (Å²) < 4.78 is 41.4. The minimum absolute atomic E-state index is 0.116. The second-order valence-corrected chi connectivity index (χ2v) is 12.6. The van der Waals surface area contributed by atoms with Crippen LogP contribution >= 0.6 is 0 Å². The van der Waals surface area contributed by atoms with Crippen molar-refractivity contribution < 1.29 is 33.0 Å². The molecule has 2 fully saturated rings. The van der Waals surface area contributed by atoms with Crippen LogP contribution in [0.15, 0.2) is 36.4 Å². The number of aliphatic hydroxyl groups excluding tert-OH is 2. The van der Waals surface area contributed by atoms with Crippen molar-refractivity contribution in [3.05, 3.63) is 69.8 Å². The average molecular weight is 604 g/mol. The molecule has 7 nitrogen and oxygen atoms in total. The Hall–Kier alpha value is -3.11. The lowest BCUT2D eigenvalue weighted by Crippen LogP contribution is -2.57. The van der Waals surface area contributed by atoms with Gasteiger partial charge in [0, 0.05) is 33.4 Å². The van der Waals surface area contributed by atoms with Crippen molar-refractivity contribution in [3.63, 3.8) is 0 Å². The Labute approximate surface area is 252 Å². The maximum absolute atomic E-state index is 14.3. The van der Waals surface area contributed by atoms with Gasteiger partial charge in [-0.1, -0.05) is 43.7 Å². The van der Waals surface area contributed by atoms with Gasteiger partial charge in [0.1, 0.15) is 0 Å². The summed E-state index contributed by atoms with van der Waals surface area (Å²) in [5.41, 5.74) is 2.15. The normalized spacial score (nSPS) is 20.9. The molecule has 0 aromatic heterocycles. The fourth-order valence-electron chi connectivity index (χ4n) is 6.81. The molecular weight excluding hydrogens is 559 g/mol. The van der Waals surface area contributed by atoms with Crippen LogP contribution in [0.3, 0.4) is 0 Å². The van der Waals surface area contributed by atoms with E-state index < -0.39 is 29.2 Å². The third kappa shape index (κ3) is 6.27. The summed E-state index contributed by atoms with van der Waals surface area (Å²) in [4.78, 5) is 33.1. The SMILES string of the molecule is Cc1ccc(C)c(C2C3CC(CCO)(CCO)C(=O)N3CCN2C(=O)N(C)C(C)c2cc(C(C)C)cc(C(F)(F)F)c2)c1. The van der Waals surface area contributed by atoms with E-state index in [2.05, 4.69) is 0 Å². The van der Waals surface area contributed by atoms with E-state index in [0.717, 1.165) is 22.8 Å². The van der Waals surface area contributed by atoms with Crippen molar-refractivity contribution in [2.45, 2.75) is 84.1 Å². The monoisotopic (exact) mass is 603 g/mol. The Morgan fingerprint density at radius 1 is 1.02 bits per heavy atom. The number of carbonyl (C=O) groups is 2. The molecule has 2 aliphatic rings. The Kier molecular flexibility index (Phi) is 9.52. The molecule has 0 bridgehead atoms. The molecule has 0 saturated carbocycles. The fourth-order valence-corrected chi connectivity index (χ4v) is 6.81. The number of benzene rings is 2. The Morgan fingerprint density at radius 2 is 1.65 bits per heavy atom. The molecule has 43 heavy (non-hydrogen) atoms. The number of alkyl halides is 3. The summed E-state index contributed by atoms with van der Waals surface area (Å²) in [6, 6.07) is 8.14. The van der Waals surface area contributed by atoms with Gasteiger partial charge in [0.05, 0.1) is 29.1 Å². The number of fused-ring (bicyclic) bond motifs is 1. The first-order valence-electron chi connectivity index (χ1n) is 15.0. The highest BCUT2D eigenvalue weighted by molar-refractivity contribution is 5.86. The summed E-state index contributed by atoms with van der Waals surface area (Å²) >= 11 is 0. The van der Waals surface area contributed by atoms with Crippen LogP contribution in [0.1, 0.15) is 91.4 Å². The van der Waals surface area contributed by atoms with Crippen molar-refractivity contribution in [2.75, 3.05) is 33.4 Å². The van der Waals surface area contributed by atoms with Gasteiger partial charge in [0.2, 0.25) is 5.91 Å². The molecule has 10 heteroatoms. The summed E-state index contributed by atoms with van der Waals surface area (Å²) in [6.45, 7) is 9.47. The summed E-state index contributed by atoms with van der Waals surface area (Å²) in [5, 5.41) is 19.7. The lowest BCUT2D eigenvalue weighted by Gasteiger charge is -2.47. The summed E-state index contributed by atoms with van der Waals surface area (Å²) in [7, 11) is 1.61. The molecule has 2 aromatic rings. The van der Waals surface area contributed by atoms with E-state index in [1.165, 1.54) is 11.0 Å².